The molecule has 2 aromatic rings. The summed E-state index contributed by atoms with van der Waals surface area (Å²) in [5, 5.41) is 13.6. The highest BCUT2D eigenvalue weighted by atomic mass is 16.3. The molecule has 2 N–H and O–H groups in total. The van der Waals surface area contributed by atoms with Crippen molar-refractivity contribution >= 4 is 11.6 Å². The van der Waals surface area contributed by atoms with E-state index in [9.17, 15) is 9.90 Å². The topological polar surface area (TPSA) is 55.8 Å². The molecule has 1 fully saturated rings. The summed E-state index contributed by atoms with van der Waals surface area (Å²) in [4.78, 5) is 17.1. The van der Waals surface area contributed by atoms with Gasteiger partial charge in [-0.25, -0.2) is 4.79 Å². The molecule has 5 nitrogen and oxygen atoms in total. The van der Waals surface area contributed by atoms with Gasteiger partial charge in [0.15, 0.2) is 0 Å². The van der Waals surface area contributed by atoms with Crippen LogP contribution in [0.5, 0.6) is 0 Å². The van der Waals surface area contributed by atoms with Crippen molar-refractivity contribution in [1.29, 1.82) is 0 Å². The Hall–Kier alpha value is -2.63. The Bertz CT molecular complexity index is 1070. The number of urea groups is 1. The minimum absolute atomic E-state index is 0.0117. The summed E-state index contributed by atoms with van der Waals surface area (Å²) in [5.41, 5.74) is 8.22. The zero-order valence-corrected chi connectivity index (χ0v) is 20.5. The number of benzene rings is 2. The second-order valence-corrected chi connectivity index (χ2v) is 10.3. The first-order chi connectivity index (χ1) is 16.5. The molecule has 2 heterocycles. The number of nitrogens with one attached hydrogen (secondary N) is 1. The van der Waals surface area contributed by atoms with Crippen LogP contribution in [-0.2, 0) is 13.0 Å². The fourth-order valence-corrected chi connectivity index (χ4v) is 6.39. The minimum atomic E-state index is 0.0117. The standard InChI is InChI=1S/C29H37N3O2/c1-3-13-30-28(34)31-14-11-29(12-15-31)20-32(18-22-7-5-4-6-8-22)26(19-33)25-17-23-16-21(2)9-10-24(23)27(25)29/h4-10,16,26,33H,3,11-15,17-20H2,1-2H3,(H,30,34)/t26-/m1/s1. The summed E-state index contributed by atoms with van der Waals surface area (Å²) in [6, 6.07) is 17.6. The van der Waals surface area contributed by atoms with Crippen LogP contribution in [0.1, 0.15) is 48.4 Å². The van der Waals surface area contributed by atoms with Crippen molar-refractivity contribution in [2.45, 2.75) is 52.1 Å². The summed E-state index contributed by atoms with van der Waals surface area (Å²) in [6.45, 7) is 8.41. The zero-order valence-electron chi connectivity index (χ0n) is 20.5. The van der Waals surface area contributed by atoms with Crippen molar-refractivity contribution in [2.75, 3.05) is 32.8 Å². The number of aryl methyl sites for hydroxylation is 1. The van der Waals surface area contributed by atoms with Crippen molar-refractivity contribution in [3.8, 4) is 0 Å². The predicted molar refractivity (Wildman–Crippen MR) is 136 cm³/mol. The quantitative estimate of drug-likeness (QED) is 0.698. The number of aliphatic hydroxyl groups is 1. The van der Waals surface area contributed by atoms with E-state index in [0.29, 0.717) is 0 Å². The molecule has 0 aromatic heterocycles. The van der Waals surface area contributed by atoms with Crippen LogP contribution in [0.3, 0.4) is 0 Å². The summed E-state index contributed by atoms with van der Waals surface area (Å²) in [5.74, 6) is 0. The van der Waals surface area contributed by atoms with Gasteiger partial charge in [-0.2, -0.15) is 0 Å². The molecule has 1 atom stereocenters. The lowest BCUT2D eigenvalue weighted by atomic mass is 9.66. The Kier molecular flexibility index (Phi) is 6.50. The largest absolute Gasteiger partial charge is 0.394 e. The van der Waals surface area contributed by atoms with Gasteiger partial charge in [0, 0.05) is 38.1 Å². The molecule has 1 aliphatic carbocycles. The second kappa shape index (κ2) is 9.55. The number of fused-ring (bicyclic) bond motifs is 3. The van der Waals surface area contributed by atoms with Crippen LogP contribution in [-0.4, -0.2) is 59.8 Å². The molecule has 0 radical (unpaired) electrons. The highest BCUT2D eigenvalue weighted by Crippen LogP contribution is 2.54. The number of nitrogens with zero attached hydrogens (tertiary/aromatic N) is 2. The van der Waals surface area contributed by atoms with E-state index in [1.54, 1.807) is 0 Å². The lowest BCUT2D eigenvalue weighted by Gasteiger charge is -2.51. The maximum Gasteiger partial charge on any atom is 0.317 e. The van der Waals surface area contributed by atoms with Gasteiger partial charge in [0.25, 0.3) is 0 Å². The van der Waals surface area contributed by atoms with E-state index in [1.165, 1.54) is 33.4 Å². The van der Waals surface area contributed by atoms with Crippen LogP contribution >= 0.6 is 0 Å². The van der Waals surface area contributed by atoms with E-state index in [1.807, 2.05) is 4.90 Å². The van der Waals surface area contributed by atoms with Crippen LogP contribution in [0.2, 0.25) is 0 Å². The number of likely N-dealkylation sites (tertiary alicyclic amines) is 1. The predicted octanol–water partition coefficient (Wildman–Crippen LogP) is 4.38. The van der Waals surface area contributed by atoms with Gasteiger partial charge in [-0.3, -0.25) is 4.90 Å². The number of hydrogen-bond donors (Lipinski definition) is 2. The normalized spacial score (nSPS) is 21.5. The summed E-state index contributed by atoms with van der Waals surface area (Å²) in [7, 11) is 0. The van der Waals surface area contributed by atoms with Gasteiger partial charge in [-0.1, -0.05) is 61.0 Å². The van der Waals surface area contributed by atoms with Gasteiger partial charge in [-0.05, 0) is 60.4 Å². The third kappa shape index (κ3) is 4.16. The number of carbonyl (C=O) groups is 1. The molecule has 2 aliphatic heterocycles. The minimum Gasteiger partial charge on any atom is -0.394 e. The van der Waals surface area contributed by atoms with Gasteiger partial charge in [0.1, 0.15) is 0 Å². The Morgan fingerprint density at radius 1 is 1.15 bits per heavy atom. The van der Waals surface area contributed by atoms with Crippen LogP contribution in [0.4, 0.5) is 4.79 Å². The Morgan fingerprint density at radius 3 is 2.62 bits per heavy atom. The van der Waals surface area contributed by atoms with E-state index in [2.05, 4.69) is 72.6 Å². The number of amides is 2. The van der Waals surface area contributed by atoms with Crippen molar-refractivity contribution in [3.63, 3.8) is 0 Å². The van der Waals surface area contributed by atoms with Crippen molar-refractivity contribution in [1.82, 2.24) is 15.1 Å². The van der Waals surface area contributed by atoms with E-state index < -0.39 is 0 Å². The number of carbonyl (C=O) groups excluding carboxylic acids is 1. The fraction of sp³-hybridized carbons (Fsp3) is 0.483. The Balaban J connectivity index is 1.49. The maximum absolute atomic E-state index is 12.7. The van der Waals surface area contributed by atoms with Gasteiger partial charge >= 0.3 is 6.03 Å². The molecule has 1 saturated heterocycles. The van der Waals surface area contributed by atoms with Crippen molar-refractivity contribution in [2.24, 2.45) is 5.41 Å². The van der Waals surface area contributed by atoms with Crippen LogP contribution in [0, 0.1) is 12.3 Å². The first-order valence-corrected chi connectivity index (χ1v) is 12.8. The van der Waals surface area contributed by atoms with E-state index in [4.69, 9.17) is 0 Å². The monoisotopic (exact) mass is 459 g/mol. The molecule has 180 valence electrons. The van der Waals surface area contributed by atoms with Gasteiger partial charge in [0.05, 0.1) is 12.6 Å². The van der Waals surface area contributed by atoms with E-state index >= 15 is 0 Å². The molecule has 0 unspecified atom stereocenters. The lowest BCUT2D eigenvalue weighted by Crippen LogP contribution is -2.55. The van der Waals surface area contributed by atoms with Crippen LogP contribution in [0.25, 0.3) is 5.57 Å². The SMILES string of the molecule is CCCNC(=O)N1CCC2(CC1)CN(Cc1ccccc1)[C@H](CO)C1=C2c2ccc(C)cc2C1. The summed E-state index contributed by atoms with van der Waals surface area (Å²) >= 11 is 0. The smallest absolute Gasteiger partial charge is 0.317 e. The highest BCUT2D eigenvalue weighted by molar-refractivity contribution is 5.83. The average Bonchev–Trinajstić information content (AvgIpc) is 3.23. The van der Waals surface area contributed by atoms with Gasteiger partial charge < -0.3 is 15.3 Å². The molecular weight excluding hydrogens is 422 g/mol. The maximum atomic E-state index is 12.7. The number of piperidine rings is 1. The fourth-order valence-electron chi connectivity index (χ4n) is 6.39. The third-order valence-corrected chi connectivity index (χ3v) is 8.05. The molecule has 2 amide bonds. The average molecular weight is 460 g/mol. The summed E-state index contributed by atoms with van der Waals surface area (Å²) < 4.78 is 0. The highest BCUT2D eigenvalue weighted by Gasteiger charge is 2.49. The van der Waals surface area contributed by atoms with E-state index in [-0.39, 0.29) is 24.1 Å². The Morgan fingerprint density at radius 2 is 1.91 bits per heavy atom. The molecule has 34 heavy (non-hydrogen) atoms. The van der Waals surface area contributed by atoms with Crippen LogP contribution < -0.4 is 5.32 Å². The van der Waals surface area contributed by atoms with E-state index in [0.717, 1.165) is 58.4 Å². The third-order valence-electron chi connectivity index (χ3n) is 8.05. The van der Waals surface area contributed by atoms with Gasteiger partial charge in [0.2, 0.25) is 0 Å². The molecule has 5 heteroatoms. The van der Waals surface area contributed by atoms with Crippen LogP contribution in [0.15, 0.2) is 54.1 Å². The Labute approximate surface area is 203 Å². The lowest BCUT2D eigenvalue weighted by molar-refractivity contribution is 0.0598. The van der Waals surface area contributed by atoms with Crippen molar-refractivity contribution < 1.29 is 9.90 Å². The number of hydrogen-bond acceptors (Lipinski definition) is 3. The molecule has 0 saturated carbocycles. The second-order valence-electron chi connectivity index (χ2n) is 10.3. The molecule has 3 aliphatic rings. The number of aliphatic hydroxyl groups excluding tert-OH is 1. The molecule has 0 bridgehead atoms. The summed E-state index contributed by atoms with van der Waals surface area (Å²) in [6.07, 6.45) is 3.79. The number of rotatable bonds is 5. The first-order valence-electron chi connectivity index (χ1n) is 12.8. The zero-order chi connectivity index (χ0) is 23.7. The molecule has 2 aromatic carbocycles. The molecule has 1 spiro atoms. The first kappa shape index (κ1) is 23.1. The molecule has 5 rings (SSSR count). The van der Waals surface area contributed by atoms with Gasteiger partial charge in [-0.15, -0.1) is 0 Å². The van der Waals surface area contributed by atoms with Crippen molar-refractivity contribution in [3.05, 3.63) is 76.4 Å². The molecular formula is C29H37N3O2.